The number of carbonyl (C=O) groups is 2. The first-order valence-electron chi connectivity index (χ1n) is 13.9. The van der Waals surface area contributed by atoms with E-state index in [1.54, 1.807) is 0 Å². The number of piperidine rings is 2. The van der Waals surface area contributed by atoms with Gasteiger partial charge < -0.3 is 40.4 Å². The van der Waals surface area contributed by atoms with Crippen LogP contribution < -0.4 is 5.32 Å². The Labute approximate surface area is 266 Å². The van der Waals surface area contributed by atoms with Gasteiger partial charge >= 0.3 is 45.3 Å². The third kappa shape index (κ3) is 12.3. The molecule has 2 saturated heterocycles. The number of nitrogens with one attached hydrogen (secondary N) is 1. The Bertz CT molecular complexity index is 832. The molecule has 2 aliphatic rings. The van der Waals surface area contributed by atoms with Crippen molar-refractivity contribution in [2.24, 2.45) is 10.8 Å². The molecule has 0 spiro atoms. The summed E-state index contributed by atoms with van der Waals surface area (Å²) >= 11 is 0.194. The average molecular weight is 689 g/mol. The maximum atomic E-state index is 12.1. The Kier molecular flexibility index (Phi) is 16.3. The summed E-state index contributed by atoms with van der Waals surface area (Å²) in [6.45, 7) is 17.0. The van der Waals surface area contributed by atoms with Crippen molar-refractivity contribution in [1.29, 1.82) is 0 Å². The third-order valence-corrected chi connectivity index (χ3v) is 7.68. The molecule has 0 amide bonds. The maximum absolute atomic E-state index is 12.1. The molecule has 11 nitrogen and oxygen atoms in total. The van der Waals surface area contributed by atoms with Crippen LogP contribution in [-0.4, -0.2) is 103 Å². The van der Waals surface area contributed by atoms with Crippen molar-refractivity contribution < 1.29 is 57.8 Å². The second-order valence-corrected chi connectivity index (χ2v) is 16.3. The number of hydrogen-bond donors (Lipinski definition) is 6. The Balaban J connectivity index is 0.000000732. The molecular weight excluding hydrogens is 635 g/mol. The van der Waals surface area contributed by atoms with Crippen LogP contribution in [0.5, 0.6) is 0 Å². The van der Waals surface area contributed by atoms with Crippen molar-refractivity contribution in [1.82, 2.24) is 10.4 Å². The Morgan fingerprint density at radius 1 is 0.738 bits per heavy atom. The summed E-state index contributed by atoms with van der Waals surface area (Å²) in [6, 6.07) is 0. The minimum atomic E-state index is -1.29. The van der Waals surface area contributed by atoms with Crippen molar-refractivity contribution in [2.45, 2.75) is 129 Å². The number of carbonyl (C=O) groups excluding carboxylic acids is 2. The predicted octanol–water partition coefficient (Wildman–Crippen LogP) is 3.14. The van der Waals surface area contributed by atoms with E-state index in [9.17, 15) is 35.2 Å². The van der Waals surface area contributed by atoms with E-state index in [2.05, 4.69) is 33.0 Å². The number of hydrogen-bond acceptors (Lipinski definition) is 11. The molecule has 2 rings (SSSR count). The van der Waals surface area contributed by atoms with Crippen LogP contribution in [0.3, 0.4) is 0 Å². The summed E-state index contributed by atoms with van der Waals surface area (Å²) in [7, 11) is 9.53. The second-order valence-electron chi connectivity index (χ2n) is 14.5. The SMILES string of the molecule is CC(CO)(CO)C(=O)OC1CC(C)(C)N(O)C(C)(C)C1.CC1(C)CC(OC(=O)C(C)(CO)CO)CC(C)(C)N1.[Cl][Fe][Cl]. The van der Waals surface area contributed by atoms with Gasteiger partial charge in [0.05, 0.1) is 26.4 Å². The van der Waals surface area contributed by atoms with Crippen LogP contribution in [0.15, 0.2) is 0 Å². The minimum absolute atomic E-state index is 0.110. The molecule has 0 radical (unpaired) electrons. The molecule has 6 N–H and O–H groups in total. The first-order chi connectivity index (χ1) is 18.9. The van der Waals surface area contributed by atoms with Gasteiger partial charge in [-0.05, 0) is 69.2 Å². The molecule has 0 aromatic heterocycles. The number of aliphatic hydroxyl groups excluding tert-OH is 4. The molecule has 0 saturated carbocycles. The van der Waals surface area contributed by atoms with Gasteiger partial charge in [0, 0.05) is 47.8 Å². The molecule has 2 aliphatic heterocycles. The number of rotatable bonds is 8. The van der Waals surface area contributed by atoms with Gasteiger partial charge in [0.2, 0.25) is 0 Å². The van der Waals surface area contributed by atoms with E-state index >= 15 is 0 Å². The normalized spacial score (nSPS) is 22.2. The van der Waals surface area contributed by atoms with E-state index in [1.807, 2.05) is 27.7 Å². The van der Waals surface area contributed by atoms with Gasteiger partial charge in [0.15, 0.2) is 0 Å². The van der Waals surface area contributed by atoms with Gasteiger partial charge in [-0.25, -0.2) is 0 Å². The summed E-state index contributed by atoms with van der Waals surface area (Å²) in [5.74, 6) is -1.14. The van der Waals surface area contributed by atoms with Crippen molar-refractivity contribution in [3.8, 4) is 0 Å². The molecule has 0 aromatic carbocycles. The van der Waals surface area contributed by atoms with Gasteiger partial charge in [-0.2, -0.15) is 5.06 Å². The van der Waals surface area contributed by atoms with Crippen LogP contribution in [-0.2, 0) is 32.2 Å². The molecule has 2 fully saturated rings. The zero-order valence-corrected chi connectivity index (χ0v) is 29.4. The van der Waals surface area contributed by atoms with Crippen molar-refractivity contribution in [2.75, 3.05) is 26.4 Å². The van der Waals surface area contributed by atoms with E-state index in [4.69, 9.17) is 29.7 Å². The fourth-order valence-corrected chi connectivity index (χ4v) is 5.52. The first-order valence-corrected chi connectivity index (χ1v) is 17.0. The summed E-state index contributed by atoms with van der Waals surface area (Å²) in [6.07, 6.45) is 1.87. The van der Waals surface area contributed by atoms with Crippen molar-refractivity contribution >= 4 is 32.1 Å². The molecule has 14 heteroatoms. The number of ether oxygens (including phenoxy) is 2. The van der Waals surface area contributed by atoms with E-state index in [-0.39, 0.29) is 36.4 Å². The van der Waals surface area contributed by atoms with Crippen LogP contribution in [0, 0.1) is 10.8 Å². The number of esters is 2. The number of halogens is 2. The Morgan fingerprint density at radius 2 is 1.00 bits per heavy atom. The zero-order valence-electron chi connectivity index (χ0n) is 26.7. The standard InChI is InChI=1S/C14H27NO5.C14H27NO4.2ClH.Fe/c1-12(2)6-10(7-13(3,4)15(12)19)20-11(18)14(5,8-16)9-17;1-12(2)6-10(7-13(3,4)15-12)19-11(18)14(5,8-16)9-17;;;/h10,16-17,19H,6-9H2,1-5H3;10,15-17H,6-9H2,1-5H3;2*1H;/q;;;;+2/p-2. The second kappa shape index (κ2) is 16.4. The summed E-state index contributed by atoms with van der Waals surface area (Å²) in [4.78, 5) is 24.1. The van der Waals surface area contributed by atoms with E-state index in [0.29, 0.717) is 12.8 Å². The number of aliphatic hydroxyl groups is 4. The van der Waals surface area contributed by atoms with Crippen molar-refractivity contribution in [3.63, 3.8) is 0 Å². The quantitative estimate of drug-likeness (QED) is 0.164. The summed E-state index contributed by atoms with van der Waals surface area (Å²) in [5.41, 5.74) is -3.75. The number of hydroxylamine groups is 2. The van der Waals surface area contributed by atoms with Gasteiger partial charge in [-0.15, -0.1) is 0 Å². The van der Waals surface area contributed by atoms with E-state index < -0.39 is 60.3 Å². The fraction of sp³-hybridized carbons (Fsp3) is 0.929. The van der Waals surface area contributed by atoms with Gasteiger partial charge in [-0.1, -0.05) is 0 Å². The fourth-order valence-electron chi connectivity index (χ4n) is 5.52. The van der Waals surface area contributed by atoms with Crippen LogP contribution >= 0.6 is 20.2 Å². The Hall–Kier alpha value is -0.241. The Morgan fingerprint density at radius 3 is 1.26 bits per heavy atom. The number of nitrogens with zero attached hydrogens (tertiary/aromatic N) is 1. The van der Waals surface area contributed by atoms with Crippen LogP contribution in [0.4, 0.5) is 0 Å². The molecule has 0 aliphatic carbocycles. The van der Waals surface area contributed by atoms with E-state index in [1.165, 1.54) is 18.9 Å². The average Bonchev–Trinajstić information content (AvgIpc) is 2.84. The molecule has 0 bridgehead atoms. The predicted molar refractivity (Wildman–Crippen MR) is 158 cm³/mol. The molecule has 0 unspecified atom stereocenters. The molecule has 252 valence electrons. The van der Waals surface area contributed by atoms with Gasteiger partial charge in [-0.3, -0.25) is 9.59 Å². The molecule has 0 aromatic rings. The monoisotopic (exact) mass is 688 g/mol. The molecule has 42 heavy (non-hydrogen) atoms. The third-order valence-electron chi connectivity index (χ3n) is 7.68. The van der Waals surface area contributed by atoms with Crippen LogP contribution in [0.1, 0.15) is 94.9 Å². The topological polar surface area (TPSA) is 169 Å². The summed E-state index contributed by atoms with van der Waals surface area (Å²) in [5, 5.41) is 51.9. The van der Waals surface area contributed by atoms with E-state index in [0.717, 1.165) is 12.8 Å². The van der Waals surface area contributed by atoms with Crippen LogP contribution in [0.2, 0.25) is 0 Å². The van der Waals surface area contributed by atoms with Gasteiger partial charge in [0.1, 0.15) is 23.0 Å². The first kappa shape index (κ1) is 41.8. The summed E-state index contributed by atoms with van der Waals surface area (Å²) < 4.78 is 11.0. The van der Waals surface area contributed by atoms with Gasteiger partial charge in [0.25, 0.3) is 0 Å². The zero-order chi connectivity index (χ0) is 33.4. The molecular formula is C28H54Cl2FeN2O9. The molecule has 2 heterocycles. The van der Waals surface area contributed by atoms with Crippen molar-refractivity contribution in [3.05, 3.63) is 0 Å². The molecule has 0 atom stereocenters. The van der Waals surface area contributed by atoms with Crippen LogP contribution in [0.25, 0.3) is 0 Å².